The molecule has 0 aliphatic carbocycles. The normalized spacial score (nSPS) is 12.5. The first-order valence-electron chi connectivity index (χ1n) is 19.6. The zero-order valence-electron chi connectivity index (χ0n) is 36.1. The molecule has 0 saturated carbocycles. The van der Waals surface area contributed by atoms with Crippen LogP contribution >= 0.6 is 0 Å². The van der Waals surface area contributed by atoms with Crippen molar-refractivity contribution in [2.24, 2.45) is 0 Å². The maximum atomic E-state index is 15.5. The molecule has 0 amide bonds. The standard InChI is InChI=1S/C47H50FN2.C5H8O2.Ir/c1-11-33-29-49-45(50-30-33)38-19-24-44(48)43(28-38)42-26-31(3)41(25-32(42)4)37(16-13-34-14-20-39(21-15-34)46(5,6)7)27-35(12-2)36-17-22-40(23-18-36)47(8,9)10;1-4(6)3-5(2)7;/h12-18,20-30H,11H2,1-10H3;3,6H,1-2H3;/q-1;;/b16-13+,35-12-,37-27+;;. The number of allylic oxidation sites excluding steroid dienone is 7. The van der Waals surface area contributed by atoms with Crippen LogP contribution in [0.25, 0.3) is 39.7 Å². The molecule has 1 N–H and O–H groups in total. The number of aliphatic hydroxyl groups excluding tert-OH is 1. The number of aryl methyl sites for hydroxylation is 3. The Balaban J connectivity index is 0.00000103. The Labute approximate surface area is 360 Å². The number of aromatic nitrogens is 2. The smallest absolute Gasteiger partial charge is 0.155 e. The number of benzene rings is 4. The first-order valence-corrected chi connectivity index (χ1v) is 19.6. The molecular formula is C52H58FIrN2O2-. The minimum atomic E-state index is -0.321. The van der Waals surface area contributed by atoms with Crippen molar-refractivity contribution in [1.82, 2.24) is 9.97 Å². The van der Waals surface area contributed by atoms with E-state index in [2.05, 4.69) is 170 Å². The van der Waals surface area contributed by atoms with Crippen LogP contribution in [0.5, 0.6) is 0 Å². The number of hydrogen-bond donors (Lipinski definition) is 1. The van der Waals surface area contributed by atoms with Crippen molar-refractivity contribution in [3.63, 3.8) is 0 Å². The van der Waals surface area contributed by atoms with Crippen LogP contribution in [0.2, 0.25) is 0 Å². The van der Waals surface area contributed by atoms with Crippen molar-refractivity contribution < 1.29 is 34.4 Å². The molecule has 6 heteroatoms. The molecule has 0 atom stereocenters. The third-order valence-corrected chi connectivity index (χ3v) is 9.78. The van der Waals surface area contributed by atoms with Crippen LogP contribution in [0.4, 0.5) is 4.39 Å². The summed E-state index contributed by atoms with van der Waals surface area (Å²) < 4.78 is 15.5. The summed E-state index contributed by atoms with van der Waals surface area (Å²) in [6, 6.07) is 28.2. The van der Waals surface area contributed by atoms with Gasteiger partial charge in [0.15, 0.2) is 5.78 Å². The average Bonchev–Trinajstić information content (AvgIpc) is 3.15. The predicted octanol–water partition coefficient (Wildman–Crippen LogP) is 13.8. The third-order valence-electron chi connectivity index (χ3n) is 9.78. The SMILES string of the molecule is C/C=C(/C=C(\C=C\c1ccc(C(C)(C)C)cc1)c1cc(C)c(-c2cc(-c3ncc(CC)cn3)[c-]cc2F)cc1C)c1ccc(C(C)(C)C)cc1.CC(=O)C=C(C)O.[Ir]. The molecule has 5 rings (SSSR count). The van der Waals surface area contributed by atoms with E-state index in [1.807, 2.05) is 18.5 Å². The van der Waals surface area contributed by atoms with Gasteiger partial charge in [-0.3, -0.25) is 19.2 Å². The molecule has 5 aromatic rings. The number of carbonyl (C=O) groups is 1. The molecule has 1 aromatic heterocycles. The second kappa shape index (κ2) is 20.6. The molecule has 1 heterocycles. The maximum absolute atomic E-state index is 15.5. The Morgan fingerprint density at radius 1 is 0.793 bits per heavy atom. The van der Waals surface area contributed by atoms with E-state index in [9.17, 15) is 4.79 Å². The minimum absolute atomic E-state index is 0. The maximum Gasteiger partial charge on any atom is 0.155 e. The van der Waals surface area contributed by atoms with Crippen LogP contribution in [-0.4, -0.2) is 20.9 Å². The van der Waals surface area contributed by atoms with Crippen molar-refractivity contribution in [2.45, 2.75) is 100 Å². The van der Waals surface area contributed by atoms with Gasteiger partial charge >= 0.3 is 0 Å². The molecule has 1 radical (unpaired) electrons. The average molecular weight is 954 g/mol. The Kier molecular flexibility index (Phi) is 16.8. The Bertz CT molecular complexity index is 2300. The van der Waals surface area contributed by atoms with Gasteiger partial charge in [0.2, 0.25) is 0 Å². The predicted molar refractivity (Wildman–Crippen MR) is 239 cm³/mol. The van der Waals surface area contributed by atoms with E-state index < -0.39 is 0 Å². The summed E-state index contributed by atoms with van der Waals surface area (Å²) >= 11 is 0. The summed E-state index contributed by atoms with van der Waals surface area (Å²) in [5.41, 5.74) is 13.5. The van der Waals surface area contributed by atoms with Gasteiger partial charge < -0.3 is 5.11 Å². The molecule has 0 saturated heterocycles. The van der Waals surface area contributed by atoms with Gasteiger partial charge in [-0.1, -0.05) is 133 Å². The van der Waals surface area contributed by atoms with Gasteiger partial charge in [0.25, 0.3) is 0 Å². The number of nitrogens with zero attached hydrogens (tertiary/aromatic N) is 2. The van der Waals surface area contributed by atoms with Crippen molar-refractivity contribution in [2.75, 3.05) is 0 Å². The fraction of sp³-hybridized carbons (Fsp3) is 0.288. The van der Waals surface area contributed by atoms with Crippen LogP contribution in [0.3, 0.4) is 0 Å². The summed E-state index contributed by atoms with van der Waals surface area (Å²) in [6.07, 6.45) is 14.5. The largest absolute Gasteiger partial charge is 0.512 e. The quantitative estimate of drug-likeness (QED) is 0.0692. The van der Waals surface area contributed by atoms with Crippen molar-refractivity contribution in [3.05, 3.63) is 172 Å². The van der Waals surface area contributed by atoms with Crippen LogP contribution < -0.4 is 0 Å². The van der Waals surface area contributed by atoms with Gasteiger partial charge in [-0.25, -0.2) is 0 Å². The topological polar surface area (TPSA) is 63.1 Å². The van der Waals surface area contributed by atoms with Crippen LogP contribution in [0.15, 0.2) is 115 Å². The summed E-state index contributed by atoms with van der Waals surface area (Å²) in [6.45, 7) is 24.6. The van der Waals surface area contributed by atoms with Crippen molar-refractivity contribution >= 4 is 23.0 Å². The molecule has 0 aliphatic heterocycles. The Hall–Kier alpha value is -5.03. The number of hydrogen-bond acceptors (Lipinski definition) is 4. The van der Waals surface area contributed by atoms with E-state index in [1.54, 1.807) is 0 Å². The van der Waals surface area contributed by atoms with Crippen molar-refractivity contribution in [3.8, 4) is 22.5 Å². The van der Waals surface area contributed by atoms with Gasteiger partial charge in [0.1, 0.15) is 0 Å². The molecule has 58 heavy (non-hydrogen) atoms. The molecule has 0 fully saturated rings. The first-order chi connectivity index (χ1) is 26.8. The van der Waals surface area contributed by atoms with E-state index >= 15 is 4.39 Å². The number of ketones is 1. The second-order valence-electron chi connectivity index (χ2n) is 16.6. The van der Waals surface area contributed by atoms with Gasteiger partial charge in [0, 0.05) is 44.4 Å². The molecule has 0 bridgehead atoms. The Morgan fingerprint density at radius 2 is 1.36 bits per heavy atom. The first kappa shape index (κ1) is 47.3. The Morgan fingerprint density at radius 3 is 1.84 bits per heavy atom. The number of halogens is 1. The number of aliphatic hydroxyl groups is 1. The van der Waals surface area contributed by atoms with Gasteiger partial charge in [-0.2, -0.15) is 0 Å². The molecular weight excluding hydrogens is 896 g/mol. The van der Waals surface area contributed by atoms with Crippen LogP contribution in [-0.2, 0) is 42.2 Å². The molecule has 305 valence electrons. The van der Waals surface area contributed by atoms with Crippen LogP contribution in [0, 0.1) is 25.7 Å². The van der Waals surface area contributed by atoms with E-state index in [1.165, 1.54) is 37.1 Å². The molecule has 4 aromatic carbocycles. The van der Waals surface area contributed by atoms with Crippen molar-refractivity contribution in [1.29, 1.82) is 0 Å². The molecule has 0 aliphatic rings. The molecule has 0 spiro atoms. The van der Waals surface area contributed by atoms with E-state index in [0.717, 1.165) is 56.5 Å². The van der Waals surface area contributed by atoms with Crippen LogP contribution in [0.1, 0.15) is 114 Å². The minimum Gasteiger partial charge on any atom is -0.512 e. The van der Waals surface area contributed by atoms with E-state index in [0.29, 0.717) is 17.0 Å². The summed E-state index contributed by atoms with van der Waals surface area (Å²) in [7, 11) is 0. The zero-order chi connectivity index (χ0) is 42.1. The number of rotatable bonds is 9. The van der Waals surface area contributed by atoms with E-state index in [4.69, 9.17) is 5.11 Å². The van der Waals surface area contributed by atoms with E-state index in [-0.39, 0.29) is 48.3 Å². The summed E-state index contributed by atoms with van der Waals surface area (Å²) in [4.78, 5) is 19.0. The van der Waals surface area contributed by atoms with Gasteiger partial charge in [0.05, 0.1) is 11.6 Å². The monoisotopic (exact) mass is 954 g/mol. The van der Waals surface area contributed by atoms with Gasteiger partial charge in [-0.05, 0) is 119 Å². The zero-order valence-corrected chi connectivity index (χ0v) is 38.5. The summed E-state index contributed by atoms with van der Waals surface area (Å²) in [5, 5.41) is 8.36. The molecule has 4 nitrogen and oxygen atoms in total. The second-order valence-corrected chi connectivity index (χ2v) is 16.6. The fourth-order valence-corrected chi connectivity index (χ4v) is 6.36. The fourth-order valence-electron chi connectivity index (χ4n) is 6.36. The molecule has 0 unspecified atom stereocenters. The summed E-state index contributed by atoms with van der Waals surface area (Å²) in [5.74, 6) is 0.153. The van der Waals surface area contributed by atoms with Gasteiger partial charge in [-0.15, -0.1) is 23.8 Å². The number of carbonyl (C=O) groups excluding carboxylic acids is 1. The third kappa shape index (κ3) is 13.0.